The monoisotopic (exact) mass is 323 g/mol. The molecule has 112 valence electrons. The minimum atomic E-state index is -0.655. The number of carbonyl (C=O) groups is 1. The van der Waals surface area contributed by atoms with Crippen LogP contribution in [0.25, 0.3) is 0 Å². The van der Waals surface area contributed by atoms with Crippen molar-refractivity contribution in [3.8, 4) is 0 Å². The number of hydrogen-bond acceptors (Lipinski definition) is 4. The molecular formula is C15H18ClN3OS. The number of aryl methyl sites for hydroxylation is 2. The van der Waals surface area contributed by atoms with Gasteiger partial charge in [0, 0.05) is 4.88 Å². The molecule has 0 fully saturated rings. The van der Waals surface area contributed by atoms with Gasteiger partial charge in [0.2, 0.25) is 5.91 Å². The number of rotatable bonds is 3. The second-order valence-corrected chi connectivity index (χ2v) is 6.06. The Morgan fingerprint density at radius 2 is 1.95 bits per heavy atom. The Morgan fingerprint density at radius 1 is 1.24 bits per heavy atom. The van der Waals surface area contributed by atoms with Gasteiger partial charge in [0.25, 0.3) is 0 Å². The fraction of sp³-hybridized carbons (Fsp3) is 0.333. The molecule has 2 aromatic rings. The maximum Gasteiger partial charge on any atom is 0.247 e. The van der Waals surface area contributed by atoms with Crippen LogP contribution in [0.5, 0.6) is 0 Å². The van der Waals surface area contributed by atoms with E-state index in [0.29, 0.717) is 5.13 Å². The summed E-state index contributed by atoms with van der Waals surface area (Å²) in [6.45, 7) is 0. The molecule has 1 atom stereocenters. The van der Waals surface area contributed by atoms with Crippen molar-refractivity contribution in [1.29, 1.82) is 0 Å². The number of nitrogens with one attached hydrogen (secondary N) is 1. The fourth-order valence-electron chi connectivity index (χ4n) is 2.40. The van der Waals surface area contributed by atoms with Crippen LogP contribution in [-0.2, 0) is 17.6 Å². The highest BCUT2D eigenvalue weighted by molar-refractivity contribution is 7.15. The van der Waals surface area contributed by atoms with Gasteiger partial charge in [-0.1, -0.05) is 30.3 Å². The molecule has 3 N–H and O–H groups in total. The summed E-state index contributed by atoms with van der Waals surface area (Å²) < 4.78 is 0. The number of halogens is 1. The lowest BCUT2D eigenvalue weighted by atomic mass is 10.0. The fourth-order valence-corrected chi connectivity index (χ4v) is 3.45. The van der Waals surface area contributed by atoms with Gasteiger partial charge >= 0.3 is 0 Å². The number of nitrogens with zero attached hydrogens (tertiary/aromatic N) is 1. The Balaban J connectivity index is 0.00000161. The van der Waals surface area contributed by atoms with Crippen molar-refractivity contribution in [2.45, 2.75) is 31.7 Å². The molecule has 1 aliphatic carbocycles. The van der Waals surface area contributed by atoms with Crippen LogP contribution in [0.2, 0.25) is 0 Å². The van der Waals surface area contributed by atoms with E-state index in [9.17, 15) is 4.79 Å². The zero-order chi connectivity index (χ0) is 13.9. The summed E-state index contributed by atoms with van der Waals surface area (Å²) in [6, 6.07) is 8.73. The van der Waals surface area contributed by atoms with Crippen LogP contribution in [0.4, 0.5) is 5.13 Å². The first kappa shape index (κ1) is 15.9. The van der Waals surface area contributed by atoms with Crippen LogP contribution in [0.3, 0.4) is 0 Å². The minimum Gasteiger partial charge on any atom is -0.316 e. The summed E-state index contributed by atoms with van der Waals surface area (Å²) in [5, 5.41) is 3.52. The third kappa shape index (κ3) is 3.61. The topological polar surface area (TPSA) is 68.0 Å². The minimum absolute atomic E-state index is 0. The molecule has 1 aromatic carbocycles. The summed E-state index contributed by atoms with van der Waals surface area (Å²) in [5.74, 6) is -0.206. The Kier molecular flexibility index (Phi) is 5.33. The average Bonchev–Trinajstić information content (AvgIpc) is 2.89. The summed E-state index contributed by atoms with van der Waals surface area (Å²) in [7, 11) is 0. The number of hydrogen-bond donors (Lipinski definition) is 2. The summed E-state index contributed by atoms with van der Waals surface area (Å²) in [4.78, 5) is 18.0. The molecule has 0 radical (unpaired) electrons. The summed E-state index contributed by atoms with van der Waals surface area (Å²) >= 11 is 1.58. The quantitative estimate of drug-likeness (QED) is 0.912. The third-order valence-electron chi connectivity index (χ3n) is 3.52. The molecule has 0 bridgehead atoms. The van der Waals surface area contributed by atoms with Gasteiger partial charge in [0.1, 0.15) is 6.04 Å². The van der Waals surface area contributed by atoms with Crippen LogP contribution < -0.4 is 11.1 Å². The van der Waals surface area contributed by atoms with Crippen LogP contribution in [0, 0.1) is 0 Å². The number of benzene rings is 1. The zero-order valence-electron chi connectivity index (χ0n) is 11.5. The standard InChI is InChI=1S/C15H17N3OS.ClH/c16-13(10-6-2-1-3-7-10)14(19)18-15-17-11-8-4-5-9-12(11)20-15;/h1-3,6-7,13H,4-5,8-9,16H2,(H,17,18,19);1H. The Bertz CT molecular complexity index is 591. The predicted molar refractivity (Wildman–Crippen MR) is 88.0 cm³/mol. The van der Waals surface area contributed by atoms with Gasteiger partial charge in [-0.3, -0.25) is 4.79 Å². The Labute approximate surface area is 134 Å². The van der Waals surface area contributed by atoms with E-state index in [1.807, 2.05) is 30.3 Å². The second kappa shape index (κ2) is 7.02. The SMILES string of the molecule is Cl.NC(C(=O)Nc1nc2c(s1)CCCC2)c1ccccc1. The molecule has 1 aromatic heterocycles. The molecule has 0 aliphatic heterocycles. The first-order valence-electron chi connectivity index (χ1n) is 6.84. The van der Waals surface area contributed by atoms with Crippen LogP contribution in [0.15, 0.2) is 30.3 Å². The van der Waals surface area contributed by atoms with Gasteiger partial charge in [-0.25, -0.2) is 4.98 Å². The van der Waals surface area contributed by atoms with E-state index in [0.717, 1.165) is 24.1 Å². The van der Waals surface area contributed by atoms with Gasteiger partial charge in [-0.05, 0) is 31.2 Å². The highest BCUT2D eigenvalue weighted by Gasteiger charge is 2.19. The number of thiazole rings is 1. The lowest BCUT2D eigenvalue weighted by Crippen LogP contribution is -2.27. The molecule has 1 heterocycles. The van der Waals surface area contributed by atoms with Crippen molar-refractivity contribution in [2.75, 3.05) is 5.32 Å². The molecule has 0 spiro atoms. The molecule has 1 amide bonds. The van der Waals surface area contributed by atoms with E-state index >= 15 is 0 Å². The van der Waals surface area contributed by atoms with Gasteiger partial charge in [0.05, 0.1) is 5.69 Å². The first-order valence-corrected chi connectivity index (χ1v) is 7.65. The predicted octanol–water partition coefficient (Wildman–Crippen LogP) is 3.08. The zero-order valence-corrected chi connectivity index (χ0v) is 13.2. The number of anilines is 1. The normalized spacial score (nSPS) is 14.7. The van der Waals surface area contributed by atoms with Crippen molar-refractivity contribution in [3.05, 3.63) is 46.5 Å². The molecule has 4 nitrogen and oxygen atoms in total. The average molecular weight is 324 g/mol. The van der Waals surface area contributed by atoms with Crippen molar-refractivity contribution >= 4 is 34.8 Å². The molecule has 0 saturated heterocycles. The largest absolute Gasteiger partial charge is 0.316 e. The molecule has 3 rings (SSSR count). The molecule has 1 aliphatic rings. The van der Waals surface area contributed by atoms with Crippen LogP contribution in [-0.4, -0.2) is 10.9 Å². The van der Waals surface area contributed by atoms with Gasteiger partial charge < -0.3 is 11.1 Å². The maximum atomic E-state index is 12.2. The second-order valence-electron chi connectivity index (χ2n) is 4.97. The smallest absolute Gasteiger partial charge is 0.247 e. The summed E-state index contributed by atoms with van der Waals surface area (Å²) in [5.41, 5.74) is 7.93. The van der Waals surface area contributed by atoms with Crippen molar-refractivity contribution in [1.82, 2.24) is 4.98 Å². The number of carbonyl (C=O) groups excluding carboxylic acids is 1. The summed E-state index contributed by atoms with van der Waals surface area (Å²) in [6.07, 6.45) is 4.50. The van der Waals surface area contributed by atoms with E-state index in [1.54, 1.807) is 11.3 Å². The van der Waals surface area contributed by atoms with Gasteiger partial charge in [0.15, 0.2) is 5.13 Å². The van der Waals surface area contributed by atoms with E-state index in [4.69, 9.17) is 5.73 Å². The molecular weight excluding hydrogens is 306 g/mol. The number of fused-ring (bicyclic) bond motifs is 1. The van der Waals surface area contributed by atoms with Gasteiger partial charge in [-0.15, -0.1) is 23.7 Å². The number of aromatic nitrogens is 1. The lowest BCUT2D eigenvalue weighted by Gasteiger charge is -2.10. The van der Waals surface area contributed by atoms with E-state index < -0.39 is 6.04 Å². The van der Waals surface area contributed by atoms with Crippen molar-refractivity contribution < 1.29 is 4.79 Å². The molecule has 1 unspecified atom stereocenters. The molecule has 6 heteroatoms. The van der Waals surface area contributed by atoms with E-state index in [1.165, 1.54) is 17.7 Å². The first-order chi connectivity index (χ1) is 9.74. The van der Waals surface area contributed by atoms with Crippen LogP contribution in [0.1, 0.15) is 35.0 Å². The maximum absolute atomic E-state index is 12.2. The number of nitrogens with two attached hydrogens (primary N) is 1. The van der Waals surface area contributed by atoms with Gasteiger partial charge in [-0.2, -0.15) is 0 Å². The molecule has 0 saturated carbocycles. The number of amides is 1. The van der Waals surface area contributed by atoms with E-state index in [-0.39, 0.29) is 18.3 Å². The Morgan fingerprint density at radius 3 is 2.67 bits per heavy atom. The third-order valence-corrected chi connectivity index (χ3v) is 4.59. The van der Waals surface area contributed by atoms with Crippen molar-refractivity contribution in [3.63, 3.8) is 0 Å². The Hall–Kier alpha value is -1.43. The van der Waals surface area contributed by atoms with E-state index in [2.05, 4.69) is 10.3 Å². The lowest BCUT2D eigenvalue weighted by molar-refractivity contribution is -0.117. The highest BCUT2D eigenvalue weighted by Crippen LogP contribution is 2.29. The van der Waals surface area contributed by atoms with Crippen molar-refractivity contribution in [2.24, 2.45) is 5.73 Å². The van der Waals surface area contributed by atoms with Crippen LogP contribution >= 0.6 is 23.7 Å². The molecule has 21 heavy (non-hydrogen) atoms. The highest BCUT2D eigenvalue weighted by atomic mass is 35.5.